The van der Waals surface area contributed by atoms with Gasteiger partial charge in [0.2, 0.25) is 0 Å². The third-order valence-electron chi connectivity index (χ3n) is 5.53. The lowest BCUT2D eigenvalue weighted by molar-refractivity contribution is -0.148. The molecule has 0 spiro atoms. The molecule has 0 atom stereocenters. The quantitative estimate of drug-likeness (QED) is 0.333. The molecule has 3 rings (SSSR count). The van der Waals surface area contributed by atoms with Crippen molar-refractivity contribution in [2.24, 2.45) is 0 Å². The van der Waals surface area contributed by atoms with E-state index < -0.39 is 11.6 Å². The SMILES string of the molecule is CC(C)N1CCN(c2cccc(C(=O)/C=C/c3cccc(/C=C/C(=O)OC(C)(C)C)n3)c2)CC1. The zero-order valence-corrected chi connectivity index (χ0v) is 20.8. The first-order valence-electron chi connectivity index (χ1n) is 11.8. The lowest BCUT2D eigenvalue weighted by atomic mass is 10.1. The Morgan fingerprint density at radius 2 is 1.56 bits per heavy atom. The number of pyridine rings is 1. The van der Waals surface area contributed by atoms with E-state index in [1.54, 1.807) is 24.3 Å². The number of carbonyl (C=O) groups excluding carboxylic acids is 2. The average Bonchev–Trinajstić information content (AvgIpc) is 2.80. The molecule has 2 heterocycles. The van der Waals surface area contributed by atoms with E-state index >= 15 is 0 Å². The lowest BCUT2D eigenvalue weighted by Gasteiger charge is -2.38. The van der Waals surface area contributed by atoms with Crippen molar-refractivity contribution >= 4 is 29.6 Å². The molecular weight excluding hydrogens is 426 g/mol. The number of ketones is 1. The second-order valence-electron chi connectivity index (χ2n) is 9.72. The number of carbonyl (C=O) groups is 2. The van der Waals surface area contributed by atoms with Crippen LogP contribution in [0, 0.1) is 0 Å². The van der Waals surface area contributed by atoms with Crippen molar-refractivity contribution in [2.75, 3.05) is 31.1 Å². The predicted molar refractivity (Wildman–Crippen MR) is 138 cm³/mol. The Hall–Kier alpha value is -3.25. The number of piperazine rings is 1. The van der Waals surface area contributed by atoms with E-state index in [1.807, 2.05) is 51.1 Å². The van der Waals surface area contributed by atoms with Gasteiger partial charge in [-0.1, -0.05) is 18.2 Å². The molecule has 1 aromatic heterocycles. The molecule has 0 amide bonds. The molecule has 0 radical (unpaired) electrons. The predicted octanol–water partition coefficient (Wildman–Crippen LogP) is 4.86. The molecule has 2 aromatic rings. The highest BCUT2D eigenvalue weighted by Gasteiger charge is 2.19. The van der Waals surface area contributed by atoms with Gasteiger partial charge in [0.15, 0.2) is 5.78 Å². The van der Waals surface area contributed by atoms with E-state index in [-0.39, 0.29) is 5.78 Å². The fourth-order valence-electron chi connectivity index (χ4n) is 3.75. The van der Waals surface area contributed by atoms with Crippen LogP contribution in [-0.2, 0) is 9.53 Å². The van der Waals surface area contributed by atoms with Gasteiger partial charge in [-0.05, 0) is 77.1 Å². The summed E-state index contributed by atoms with van der Waals surface area (Å²) < 4.78 is 5.27. The molecule has 1 aliphatic rings. The molecule has 0 N–H and O–H groups in total. The second-order valence-corrected chi connectivity index (χ2v) is 9.72. The molecule has 1 saturated heterocycles. The van der Waals surface area contributed by atoms with Gasteiger partial charge in [0, 0.05) is 49.5 Å². The molecular formula is C28H35N3O3. The summed E-state index contributed by atoms with van der Waals surface area (Å²) in [6.45, 7) is 13.9. The summed E-state index contributed by atoms with van der Waals surface area (Å²) in [6, 6.07) is 13.8. The van der Waals surface area contributed by atoms with Gasteiger partial charge >= 0.3 is 5.97 Å². The Balaban J connectivity index is 1.63. The largest absolute Gasteiger partial charge is 0.457 e. The van der Waals surface area contributed by atoms with Crippen LogP contribution in [0.4, 0.5) is 5.69 Å². The van der Waals surface area contributed by atoms with Gasteiger partial charge in [-0.15, -0.1) is 0 Å². The van der Waals surface area contributed by atoms with Gasteiger partial charge in [0.25, 0.3) is 0 Å². The van der Waals surface area contributed by atoms with Crippen molar-refractivity contribution in [3.05, 3.63) is 71.6 Å². The van der Waals surface area contributed by atoms with Gasteiger partial charge in [-0.2, -0.15) is 0 Å². The van der Waals surface area contributed by atoms with Crippen molar-refractivity contribution in [1.82, 2.24) is 9.88 Å². The van der Waals surface area contributed by atoms with Crippen LogP contribution in [0.3, 0.4) is 0 Å². The van der Waals surface area contributed by atoms with Crippen LogP contribution < -0.4 is 4.90 Å². The standard InChI is InChI=1S/C28H35N3O3/c1-21(2)30-16-18-31(19-17-30)25-11-6-8-22(20-25)26(32)14-12-23-9-7-10-24(29-23)13-15-27(33)34-28(3,4)5/h6-15,20-21H,16-19H2,1-5H3/b14-12+,15-13+. The maximum absolute atomic E-state index is 12.8. The highest BCUT2D eigenvalue weighted by atomic mass is 16.6. The molecule has 6 heteroatoms. The monoisotopic (exact) mass is 461 g/mol. The lowest BCUT2D eigenvalue weighted by Crippen LogP contribution is -2.48. The summed E-state index contributed by atoms with van der Waals surface area (Å²) in [5.41, 5.74) is 2.44. The number of benzene rings is 1. The minimum atomic E-state index is -0.542. The Labute approximate surface area is 202 Å². The zero-order chi connectivity index (χ0) is 24.7. The molecule has 1 aromatic carbocycles. The van der Waals surface area contributed by atoms with Crippen LogP contribution >= 0.6 is 0 Å². The van der Waals surface area contributed by atoms with E-state index in [0.29, 0.717) is 23.0 Å². The fourth-order valence-corrected chi connectivity index (χ4v) is 3.75. The van der Waals surface area contributed by atoms with E-state index in [2.05, 4.69) is 34.7 Å². The summed E-state index contributed by atoms with van der Waals surface area (Å²) in [5, 5.41) is 0. The van der Waals surface area contributed by atoms with E-state index in [9.17, 15) is 9.59 Å². The molecule has 1 fully saturated rings. The van der Waals surface area contributed by atoms with E-state index in [4.69, 9.17) is 4.74 Å². The van der Waals surface area contributed by atoms with Crippen LogP contribution in [0.5, 0.6) is 0 Å². The molecule has 0 bridgehead atoms. The van der Waals surface area contributed by atoms with Gasteiger partial charge < -0.3 is 9.64 Å². The van der Waals surface area contributed by atoms with E-state index in [1.165, 1.54) is 6.08 Å². The van der Waals surface area contributed by atoms with E-state index in [0.717, 1.165) is 31.9 Å². The average molecular weight is 462 g/mol. The van der Waals surface area contributed by atoms with Crippen molar-refractivity contribution in [3.8, 4) is 0 Å². The van der Waals surface area contributed by atoms with Crippen molar-refractivity contribution in [1.29, 1.82) is 0 Å². The number of ether oxygens (including phenoxy) is 1. The minimum Gasteiger partial charge on any atom is -0.457 e. The van der Waals surface area contributed by atoms with Crippen LogP contribution in [0.2, 0.25) is 0 Å². The number of aromatic nitrogens is 1. The second kappa shape index (κ2) is 11.3. The summed E-state index contributed by atoms with van der Waals surface area (Å²) in [4.78, 5) is 34.0. The first-order valence-corrected chi connectivity index (χ1v) is 11.8. The molecule has 6 nitrogen and oxygen atoms in total. The van der Waals surface area contributed by atoms with Gasteiger partial charge in [-0.3, -0.25) is 9.69 Å². The van der Waals surface area contributed by atoms with Gasteiger partial charge in [-0.25, -0.2) is 9.78 Å². The number of allylic oxidation sites excluding steroid dienone is 1. The van der Waals surface area contributed by atoms with Crippen molar-refractivity contribution < 1.29 is 14.3 Å². The molecule has 180 valence electrons. The molecule has 0 aliphatic carbocycles. The van der Waals surface area contributed by atoms with Crippen LogP contribution in [0.25, 0.3) is 12.2 Å². The fraction of sp³-hybridized carbons (Fsp3) is 0.393. The van der Waals surface area contributed by atoms with Crippen molar-refractivity contribution in [3.63, 3.8) is 0 Å². The van der Waals surface area contributed by atoms with Crippen molar-refractivity contribution in [2.45, 2.75) is 46.3 Å². The topological polar surface area (TPSA) is 62.7 Å². The third kappa shape index (κ3) is 7.66. The third-order valence-corrected chi connectivity index (χ3v) is 5.53. The molecule has 0 saturated carbocycles. The normalized spacial score (nSPS) is 15.4. The number of hydrogen-bond donors (Lipinski definition) is 0. The number of nitrogens with zero attached hydrogens (tertiary/aromatic N) is 3. The number of esters is 1. The zero-order valence-electron chi connectivity index (χ0n) is 20.8. The van der Waals surface area contributed by atoms with Gasteiger partial charge in [0.05, 0.1) is 11.4 Å². The molecule has 0 unspecified atom stereocenters. The number of rotatable bonds is 7. The number of anilines is 1. The Morgan fingerprint density at radius 1 is 0.941 bits per heavy atom. The molecule has 1 aliphatic heterocycles. The summed E-state index contributed by atoms with van der Waals surface area (Å²) >= 11 is 0. The highest BCUT2D eigenvalue weighted by molar-refractivity contribution is 6.07. The maximum Gasteiger partial charge on any atom is 0.331 e. The van der Waals surface area contributed by atoms with Crippen LogP contribution in [-0.4, -0.2) is 59.5 Å². The first-order chi connectivity index (χ1) is 16.1. The first kappa shape index (κ1) is 25.4. The summed E-state index contributed by atoms with van der Waals surface area (Å²) in [7, 11) is 0. The molecule has 34 heavy (non-hydrogen) atoms. The Morgan fingerprint density at radius 3 is 2.18 bits per heavy atom. The van der Waals surface area contributed by atoms with Crippen LogP contribution in [0.15, 0.2) is 54.6 Å². The smallest absolute Gasteiger partial charge is 0.331 e. The summed E-state index contributed by atoms with van der Waals surface area (Å²) in [6.07, 6.45) is 6.20. The minimum absolute atomic E-state index is 0.0702. The van der Waals surface area contributed by atoms with Crippen LogP contribution in [0.1, 0.15) is 56.4 Å². The summed E-state index contributed by atoms with van der Waals surface area (Å²) in [5.74, 6) is -0.491. The number of hydrogen-bond acceptors (Lipinski definition) is 6. The highest BCUT2D eigenvalue weighted by Crippen LogP contribution is 2.20. The Bertz CT molecular complexity index is 1060. The Kier molecular flexibility index (Phi) is 8.40. The van der Waals surface area contributed by atoms with Gasteiger partial charge in [0.1, 0.15) is 5.60 Å². The maximum atomic E-state index is 12.8.